The number of nitrogens with one attached hydrogen (secondary N) is 2. The molecule has 0 aliphatic rings. The topological polar surface area (TPSA) is 95.6 Å². The molecular formula is C26H28ClN3O4S. The summed E-state index contributed by atoms with van der Waals surface area (Å²) < 4.78 is 26.2. The van der Waals surface area contributed by atoms with Gasteiger partial charge in [0.2, 0.25) is 10.0 Å². The number of halogens is 1. The third kappa shape index (κ3) is 6.83. The Hall–Kier alpha value is -3.36. The number of nitrogens with zero attached hydrogens (tertiary/aromatic N) is 1. The van der Waals surface area contributed by atoms with Crippen LogP contribution in [0, 0.1) is 0 Å². The van der Waals surface area contributed by atoms with Crippen molar-refractivity contribution in [2.45, 2.75) is 32.9 Å². The van der Waals surface area contributed by atoms with Gasteiger partial charge in [-0.25, -0.2) is 8.42 Å². The molecule has 9 heteroatoms. The number of carbonyl (C=O) groups excluding carboxylic acids is 2. The van der Waals surface area contributed by atoms with Crippen molar-refractivity contribution < 1.29 is 18.0 Å². The fraction of sp³-hybridized carbons (Fsp3) is 0.231. The molecule has 0 saturated heterocycles. The van der Waals surface area contributed by atoms with Gasteiger partial charge in [0.15, 0.2) is 0 Å². The van der Waals surface area contributed by atoms with Crippen LogP contribution in [-0.2, 0) is 16.6 Å². The number of rotatable bonds is 9. The number of anilines is 2. The summed E-state index contributed by atoms with van der Waals surface area (Å²) in [6, 6.07) is 20.0. The van der Waals surface area contributed by atoms with Gasteiger partial charge in [-0.05, 0) is 61.4 Å². The first kappa shape index (κ1) is 26.2. The van der Waals surface area contributed by atoms with E-state index in [1.165, 1.54) is 16.4 Å². The van der Waals surface area contributed by atoms with Crippen molar-refractivity contribution in [1.29, 1.82) is 0 Å². The summed E-state index contributed by atoms with van der Waals surface area (Å²) in [5, 5.41) is 6.14. The van der Waals surface area contributed by atoms with E-state index < -0.39 is 15.9 Å². The molecule has 7 nitrogen and oxygen atoms in total. The molecule has 0 aliphatic carbocycles. The highest BCUT2D eigenvalue weighted by Gasteiger charge is 2.20. The lowest BCUT2D eigenvalue weighted by Crippen LogP contribution is -2.32. The maximum atomic E-state index is 12.9. The smallest absolute Gasteiger partial charge is 0.255 e. The second kappa shape index (κ2) is 11.4. The molecule has 0 aromatic heterocycles. The number of amides is 2. The lowest BCUT2D eigenvalue weighted by atomic mass is 10.1. The van der Waals surface area contributed by atoms with Crippen molar-refractivity contribution in [2.75, 3.05) is 15.9 Å². The van der Waals surface area contributed by atoms with E-state index in [4.69, 9.17) is 11.6 Å². The third-order valence-corrected chi connectivity index (χ3v) is 7.01. The standard InChI is InChI=1S/C26H28ClN3O4S/c1-4-18(2)28-26(32)22-10-6-8-12-24(22)29-25(31)19-13-15-21(16-14-19)30(35(3,33)34)17-20-9-5-7-11-23(20)27/h5-16,18H,4,17H2,1-3H3,(H,28,32)(H,29,31)/t18-/m0/s1. The number of para-hydroxylation sites is 1. The van der Waals surface area contributed by atoms with Gasteiger partial charge in [0, 0.05) is 16.6 Å². The van der Waals surface area contributed by atoms with Gasteiger partial charge < -0.3 is 10.6 Å². The van der Waals surface area contributed by atoms with Crippen molar-refractivity contribution in [1.82, 2.24) is 5.32 Å². The number of sulfonamides is 1. The van der Waals surface area contributed by atoms with Gasteiger partial charge >= 0.3 is 0 Å². The van der Waals surface area contributed by atoms with Crippen LogP contribution in [0.15, 0.2) is 72.8 Å². The van der Waals surface area contributed by atoms with Crippen LogP contribution in [0.25, 0.3) is 0 Å². The molecule has 184 valence electrons. The predicted molar refractivity (Wildman–Crippen MR) is 141 cm³/mol. The van der Waals surface area contributed by atoms with Gasteiger partial charge in [-0.1, -0.05) is 48.9 Å². The highest BCUT2D eigenvalue weighted by atomic mass is 35.5. The molecule has 3 aromatic rings. The number of benzene rings is 3. The van der Waals surface area contributed by atoms with E-state index in [2.05, 4.69) is 10.6 Å². The highest BCUT2D eigenvalue weighted by molar-refractivity contribution is 7.92. The first-order valence-electron chi connectivity index (χ1n) is 11.1. The van der Waals surface area contributed by atoms with Crippen LogP contribution >= 0.6 is 11.6 Å². The molecule has 2 N–H and O–H groups in total. The zero-order valence-corrected chi connectivity index (χ0v) is 21.4. The summed E-state index contributed by atoms with van der Waals surface area (Å²) >= 11 is 6.22. The molecule has 0 spiro atoms. The monoisotopic (exact) mass is 513 g/mol. The quantitative estimate of drug-likeness (QED) is 0.416. The van der Waals surface area contributed by atoms with Gasteiger partial charge in [0.1, 0.15) is 0 Å². The molecule has 0 aliphatic heterocycles. The van der Waals surface area contributed by atoms with Crippen molar-refractivity contribution in [3.05, 3.63) is 94.5 Å². The summed E-state index contributed by atoms with van der Waals surface area (Å²) in [6.07, 6.45) is 1.90. The average Bonchev–Trinajstić information content (AvgIpc) is 2.83. The zero-order valence-electron chi connectivity index (χ0n) is 19.8. The number of hydrogen-bond acceptors (Lipinski definition) is 4. The maximum Gasteiger partial charge on any atom is 0.255 e. The lowest BCUT2D eigenvalue weighted by Gasteiger charge is -2.23. The Balaban J connectivity index is 1.80. The van der Waals surface area contributed by atoms with Gasteiger partial charge in [-0.15, -0.1) is 0 Å². The first-order valence-corrected chi connectivity index (χ1v) is 13.3. The van der Waals surface area contributed by atoms with Crippen molar-refractivity contribution in [2.24, 2.45) is 0 Å². The van der Waals surface area contributed by atoms with Crippen LogP contribution < -0.4 is 14.9 Å². The van der Waals surface area contributed by atoms with E-state index in [0.717, 1.165) is 12.7 Å². The second-order valence-corrected chi connectivity index (χ2v) is 10.5. The minimum absolute atomic E-state index is 0.00218. The Kier molecular flexibility index (Phi) is 8.53. The number of carbonyl (C=O) groups is 2. The van der Waals surface area contributed by atoms with Crippen molar-refractivity contribution in [3.63, 3.8) is 0 Å². The molecule has 1 atom stereocenters. The van der Waals surface area contributed by atoms with Crippen LogP contribution in [-0.4, -0.2) is 32.5 Å². The normalized spacial score (nSPS) is 12.0. The minimum Gasteiger partial charge on any atom is -0.350 e. The van der Waals surface area contributed by atoms with Crippen LogP contribution in [0.2, 0.25) is 5.02 Å². The van der Waals surface area contributed by atoms with E-state index in [9.17, 15) is 18.0 Å². The summed E-state index contributed by atoms with van der Waals surface area (Å²) in [7, 11) is -3.61. The molecule has 0 unspecified atom stereocenters. The van der Waals surface area contributed by atoms with E-state index in [1.807, 2.05) is 13.8 Å². The van der Waals surface area contributed by atoms with Crippen molar-refractivity contribution in [3.8, 4) is 0 Å². The van der Waals surface area contributed by atoms with E-state index in [0.29, 0.717) is 33.1 Å². The minimum atomic E-state index is -3.61. The molecule has 35 heavy (non-hydrogen) atoms. The molecule has 0 heterocycles. The molecule has 3 aromatic carbocycles. The lowest BCUT2D eigenvalue weighted by molar-refractivity contribution is 0.0940. The average molecular weight is 514 g/mol. The second-order valence-electron chi connectivity index (χ2n) is 8.19. The Morgan fingerprint density at radius 2 is 1.57 bits per heavy atom. The van der Waals surface area contributed by atoms with Crippen LogP contribution in [0.4, 0.5) is 11.4 Å². The maximum absolute atomic E-state index is 12.9. The van der Waals surface area contributed by atoms with E-state index in [-0.39, 0.29) is 18.5 Å². The molecule has 0 bridgehead atoms. The largest absolute Gasteiger partial charge is 0.350 e. The van der Waals surface area contributed by atoms with Gasteiger partial charge in [0.05, 0.1) is 29.7 Å². The molecule has 0 fully saturated rings. The third-order valence-electron chi connectivity index (χ3n) is 5.50. The molecule has 2 amide bonds. The van der Waals surface area contributed by atoms with Crippen LogP contribution in [0.1, 0.15) is 46.5 Å². The zero-order chi connectivity index (χ0) is 25.6. The molecule has 3 rings (SSSR count). The first-order chi connectivity index (χ1) is 16.6. The summed E-state index contributed by atoms with van der Waals surface area (Å²) in [6.45, 7) is 3.94. The molecule has 0 radical (unpaired) electrons. The van der Waals surface area contributed by atoms with Crippen LogP contribution in [0.5, 0.6) is 0 Å². The Morgan fingerprint density at radius 1 is 0.943 bits per heavy atom. The SMILES string of the molecule is CC[C@H](C)NC(=O)c1ccccc1NC(=O)c1ccc(N(Cc2ccccc2Cl)S(C)(=O)=O)cc1. The summed E-state index contributed by atoms with van der Waals surface area (Å²) in [4.78, 5) is 25.5. The Bertz CT molecular complexity index is 1310. The summed E-state index contributed by atoms with van der Waals surface area (Å²) in [5.41, 5.74) is 2.13. The van der Waals surface area contributed by atoms with Crippen LogP contribution in [0.3, 0.4) is 0 Å². The number of hydrogen-bond donors (Lipinski definition) is 2. The van der Waals surface area contributed by atoms with Gasteiger partial charge in [-0.2, -0.15) is 0 Å². The fourth-order valence-corrected chi connectivity index (χ4v) is 4.42. The van der Waals surface area contributed by atoms with Crippen molar-refractivity contribution >= 4 is 44.8 Å². The fourth-order valence-electron chi connectivity index (χ4n) is 3.35. The van der Waals surface area contributed by atoms with Gasteiger partial charge in [0.25, 0.3) is 11.8 Å². The van der Waals surface area contributed by atoms with Gasteiger partial charge in [-0.3, -0.25) is 13.9 Å². The predicted octanol–water partition coefficient (Wildman–Crippen LogP) is 5.09. The highest BCUT2D eigenvalue weighted by Crippen LogP contribution is 2.25. The summed E-state index contributed by atoms with van der Waals surface area (Å²) in [5.74, 6) is -0.689. The van der Waals surface area contributed by atoms with E-state index >= 15 is 0 Å². The molecular weight excluding hydrogens is 486 g/mol. The molecule has 0 saturated carbocycles. The Labute approximate surface area is 211 Å². The van der Waals surface area contributed by atoms with E-state index in [1.54, 1.807) is 60.7 Å². The Morgan fingerprint density at radius 3 is 2.20 bits per heavy atom.